The lowest BCUT2D eigenvalue weighted by Crippen LogP contribution is -2.62. The average molecular weight is 1930 g/mol. The Hall–Kier alpha value is -12.8. The number of imidazole rings is 8. The Balaban J connectivity index is 0.913. The molecular formula is C92H139N27O17S. The summed E-state index contributed by atoms with van der Waals surface area (Å²) in [6, 6.07) is -17.0. The number of unbranched alkanes of at least 4 members (excludes halogenated alkanes) is 20. The monoisotopic (exact) mass is 1930 g/mol. The van der Waals surface area contributed by atoms with E-state index in [4.69, 9.17) is 15.2 Å². The first-order valence-corrected chi connectivity index (χ1v) is 48.8. The van der Waals surface area contributed by atoms with Gasteiger partial charge in [0.05, 0.1) is 87.8 Å². The number of nitrogens with two attached hydrogens (primary N) is 1. The summed E-state index contributed by atoms with van der Waals surface area (Å²) in [6.45, 7) is 5.69. The molecule has 0 aliphatic carbocycles. The standard InChI is InChI=1S/C92H139N27O17S/c1-5-7-9-11-13-15-17-19-21-23-25-27-59(3)91(133)135-48-70(136-92(134)60(4)28-26-24-22-20-18-16-14-12-10-8-6-2)49-137-50-71(93)81(123)118-79(46-121)90(132)119-80(47-122)89(131)117-78(36-68-44-101-58-109-68)88(130)116-77(35-67-43-100-57-108-67)87(129)115-76(34-66-42-99-56-107-66)86(128)114-75(33-65-41-98-55-106-65)85(127)113-74(32-64-40-97-54-105-64)84(126)112-73(31-63-39-96-53-104-63)83(125)111-72(30-62-38-95-52-103-62)82(124)110-69(45-120)29-61-37-94-51-102-61/h37-45,51-60,69-80,121-122H,5-36,46-50,93H2,1-4H3,(H,94,102)(H,95,103)(H,96,104)(H,97,105)(H,98,106)(H,99,107)(H,100,108)(H,101,109)(H,110,124)(H,111,125)(H,112,126)(H,113,127)(H,114,128)(H,115,129)(H,116,130)(H,117,131)(H,118,123)(H,119,132)/t59?,60?,69?,70?,71?,72-,73?,74-,75?,76-,77?,78-,79-,80?/m0/s1. The van der Waals surface area contributed by atoms with Gasteiger partial charge in [0.2, 0.25) is 59.1 Å². The molecule has 14 atom stereocenters. The minimum absolute atomic E-state index is 0.0356. The summed E-state index contributed by atoms with van der Waals surface area (Å²) in [5.74, 6) is -11.6. The number of nitrogens with zero attached hydrogens (tertiary/aromatic N) is 8. The second-order valence-electron chi connectivity index (χ2n) is 34.7. The first-order valence-electron chi connectivity index (χ1n) is 47.6. The SMILES string of the molecule is CCCCCCCCCCCCCC(C)C(=O)OCC(CSCC(N)C(=O)N[C@@H](CO)C(=O)NC(CO)C(=O)N[C@@H](Cc1cnc[nH]1)C(=O)NC(Cc1cnc[nH]1)C(=O)N[C@@H](Cc1cnc[nH]1)C(=O)NC(Cc1cnc[nH]1)C(=O)N[C@@H](Cc1cnc[nH]1)C(=O)NC(Cc1cnc[nH]1)C(=O)N[C@@H](Cc1cnc[nH]1)C(=O)NC(C=O)Cc1cnc[nH]1)OC(=O)C(C)CCCCCCCCCCCCC. The van der Waals surface area contributed by atoms with Crippen molar-refractivity contribution < 1.29 is 82.0 Å². The molecule has 44 nitrogen and oxygen atoms in total. The number of aliphatic hydroxyl groups is 2. The van der Waals surface area contributed by atoms with Gasteiger partial charge in [0.15, 0.2) is 0 Å². The number of aliphatic hydroxyl groups excluding tert-OH is 2. The highest BCUT2D eigenvalue weighted by Gasteiger charge is 2.39. The lowest BCUT2D eigenvalue weighted by molar-refractivity contribution is -0.162. The minimum Gasteiger partial charge on any atom is -0.461 e. The maximum Gasteiger partial charge on any atom is 0.309 e. The normalized spacial score (nSPS) is 14.4. The van der Waals surface area contributed by atoms with E-state index in [1.165, 1.54) is 190 Å². The zero-order valence-electron chi connectivity index (χ0n) is 78.6. The van der Waals surface area contributed by atoms with E-state index in [0.29, 0.717) is 53.3 Å². The molecule has 0 bridgehead atoms. The highest BCUT2D eigenvalue weighted by Crippen LogP contribution is 2.22. The van der Waals surface area contributed by atoms with Crippen LogP contribution in [0.3, 0.4) is 0 Å². The number of esters is 2. The van der Waals surface area contributed by atoms with Crippen LogP contribution in [-0.4, -0.2) is 271 Å². The largest absolute Gasteiger partial charge is 0.461 e. The molecule has 10 amide bonds. The minimum atomic E-state index is -1.86. The Morgan fingerprint density at radius 2 is 0.562 bits per heavy atom. The number of aldehydes is 1. The van der Waals surface area contributed by atoms with E-state index in [2.05, 4.69) is 147 Å². The molecule has 8 aromatic rings. The predicted octanol–water partition coefficient (Wildman–Crippen LogP) is 2.93. The third-order valence-electron chi connectivity index (χ3n) is 23.3. The summed E-state index contributed by atoms with van der Waals surface area (Å²) in [5, 5.41) is 47.4. The van der Waals surface area contributed by atoms with E-state index in [-0.39, 0.29) is 80.9 Å². The number of aromatic amines is 8. The van der Waals surface area contributed by atoms with Crippen LogP contribution >= 0.6 is 11.8 Å². The number of amides is 10. The lowest BCUT2D eigenvalue weighted by atomic mass is 10.0. The van der Waals surface area contributed by atoms with Crippen LogP contribution in [0.5, 0.6) is 0 Å². The van der Waals surface area contributed by atoms with Gasteiger partial charge in [0.1, 0.15) is 73.4 Å². The van der Waals surface area contributed by atoms with Gasteiger partial charge >= 0.3 is 11.9 Å². The van der Waals surface area contributed by atoms with Crippen LogP contribution in [0.25, 0.3) is 0 Å². The van der Waals surface area contributed by atoms with Gasteiger partial charge < -0.3 is 123 Å². The molecule has 0 aromatic carbocycles. The number of nitrogens with one attached hydrogen (secondary N) is 18. The predicted molar refractivity (Wildman–Crippen MR) is 504 cm³/mol. The molecule has 0 saturated carbocycles. The molecule has 750 valence electrons. The van der Waals surface area contributed by atoms with Crippen molar-refractivity contribution in [2.75, 3.05) is 31.3 Å². The van der Waals surface area contributed by atoms with Crippen molar-refractivity contribution in [3.05, 3.63) is 146 Å². The topological polar surface area (TPSA) is 657 Å². The van der Waals surface area contributed by atoms with Crippen molar-refractivity contribution in [3.8, 4) is 0 Å². The molecule has 22 N–H and O–H groups in total. The molecule has 9 unspecified atom stereocenters. The third kappa shape index (κ3) is 41.0. The van der Waals surface area contributed by atoms with Crippen LogP contribution in [0.2, 0.25) is 0 Å². The van der Waals surface area contributed by atoms with E-state index in [1.54, 1.807) is 0 Å². The molecule has 0 spiro atoms. The first-order chi connectivity index (χ1) is 66.4. The second-order valence-corrected chi connectivity index (χ2v) is 35.8. The number of ether oxygens (including phenoxy) is 2. The molecule has 0 aliphatic rings. The van der Waals surface area contributed by atoms with Gasteiger partial charge in [-0.1, -0.05) is 169 Å². The Labute approximate surface area is 800 Å². The molecule has 0 radical (unpaired) electrons. The number of carbonyl (C=O) groups is 13. The van der Waals surface area contributed by atoms with E-state index in [0.717, 1.165) is 63.1 Å². The number of hydrogen-bond donors (Lipinski definition) is 21. The molecule has 45 heteroatoms. The van der Waals surface area contributed by atoms with Crippen molar-refractivity contribution in [1.82, 2.24) is 133 Å². The Morgan fingerprint density at radius 1 is 0.328 bits per heavy atom. The number of aromatic nitrogens is 16. The molecule has 8 rings (SSSR count). The number of hydrogen-bond acceptors (Lipinski definition) is 27. The van der Waals surface area contributed by atoms with Crippen molar-refractivity contribution in [1.29, 1.82) is 0 Å². The van der Waals surface area contributed by atoms with E-state index in [1.807, 2.05) is 13.8 Å². The number of thioether (sulfide) groups is 1. The van der Waals surface area contributed by atoms with Crippen molar-refractivity contribution >= 4 is 89.1 Å². The fourth-order valence-corrected chi connectivity index (χ4v) is 16.2. The highest BCUT2D eigenvalue weighted by molar-refractivity contribution is 7.99. The smallest absolute Gasteiger partial charge is 0.309 e. The summed E-state index contributed by atoms with van der Waals surface area (Å²) < 4.78 is 11.8. The molecule has 0 aliphatic heterocycles. The summed E-state index contributed by atoms with van der Waals surface area (Å²) in [5.41, 5.74) is 9.21. The molecule has 137 heavy (non-hydrogen) atoms. The first kappa shape index (κ1) is 110. The maximum absolute atomic E-state index is 15.2. The summed E-state index contributed by atoms with van der Waals surface area (Å²) in [7, 11) is 0. The van der Waals surface area contributed by atoms with Gasteiger partial charge in [0.25, 0.3) is 0 Å². The fourth-order valence-electron chi connectivity index (χ4n) is 15.3. The van der Waals surface area contributed by atoms with Gasteiger partial charge in [-0.3, -0.25) is 57.5 Å². The summed E-state index contributed by atoms with van der Waals surface area (Å²) in [4.78, 5) is 241. The van der Waals surface area contributed by atoms with Gasteiger partial charge in [-0.25, -0.2) is 39.9 Å². The fraction of sp³-hybridized carbons (Fsp3) is 0.598. The van der Waals surface area contributed by atoms with Crippen molar-refractivity contribution in [2.24, 2.45) is 17.6 Å². The van der Waals surface area contributed by atoms with E-state index >= 15 is 19.2 Å². The summed E-state index contributed by atoms with van der Waals surface area (Å²) >= 11 is 1.13. The van der Waals surface area contributed by atoms with Crippen LogP contribution in [0.4, 0.5) is 0 Å². The van der Waals surface area contributed by atoms with E-state index < -0.39 is 169 Å². The van der Waals surface area contributed by atoms with E-state index in [9.17, 15) is 53.4 Å². The molecule has 8 heterocycles. The van der Waals surface area contributed by atoms with Gasteiger partial charge in [-0.2, -0.15) is 11.8 Å². The number of rotatable bonds is 72. The van der Waals surface area contributed by atoms with Crippen LogP contribution in [-0.2, 0) is 123 Å². The quantitative estimate of drug-likeness (QED) is 0.0148. The Kier molecular flexibility index (Phi) is 49.6. The Morgan fingerprint density at radius 3 is 0.818 bits per heavy atom. The van der Waals surface area contributed by atoms with Crippen molar-refractivity contribution in [2.45, 2.75) is 306 Å². The van der Waals surface area contributed by atoms with Gasteiger partial charge in [-0.15, -0.1) is 0 Å². The molecule has 8 aromatic heterocycles. The maximum atomic E-state index is 15.2. The van der Waals surface area contributed by atoms with Crippen molar-refractivity contribution in [3.63, 3.8) is 0 Å². The Bertz CT molecular complexity index is 4780. The second kappa shape index (κ2) is 62.1. The van der Waals surface area contributed by atoms with Gasteiger partial charge in [-0.05, 0) is 12.8 Å². The van der Waals surface area contributed by atoms with Crippen LogP contribution < -0.4 is 58.9 Å². The third-order valence-corrected chi connectivity index (χ3v) is 24.5. The van der Waals surface area contributed by atoms with Crippen LogP contribution in [0, 0.1) is 11.8 Å². The highest BCUT2D eigenvalue weighted by atomic mass is 32.2. The zero-order chi connectivity index (χ0) is 98.3. The van der Waals surface area contributed by atoms with Gasteiger partial charge in [0, 0.05) is 158 Å². The van der Waals surface area contributed by atoms with Crippen LogP contribution in [0.15, 0.2) is 100 Å². The molecular weight excluding hydrogens is 1790 g/mol. The lowest BCUT2D eigenvalue weighted by Gasteiger charge is -2.28. The number of H-pyrrole nitrogens is 8. The zero-order valence-corrected chi connectivity index (χ0v) is 79.5. The van der Waals surface area contributed by atoms with Crippen LogP contribution in [0.1, 0.15) is 227 Å². The molecule has 0 saturated heterocycles. The molecule has 0 fully saturated rings. The number of carbonyl (C=O) groups excluding carboxylic acids is 13. The summed E-state index contributed by atoms with van der Waals surface area (Å²) in [6.07, 6.45) is 46.3. The average Bonchev–Trinajstić information content (AvgIpc) is 1.78.